The molecule has 0 unspecified atom stereocenters. The first-order valence-electron chi connectivity index (χ1n) is 7.82. The van der Waals surface area contributed by atoms with Crippen molar-refractivity contribution in [3.63, 3.8) is 0 Å². The normalized spacial score (nSPS) is 16.4. The minimum absolute atomic E-state index is 0.127. The van der Waals surface area contributed by atoms with E-state index in [-0.39, 0.29) is 5.91 Å². The van der Waals surface area contributed by atoms with Crippen molar-refractivity contribution < 1.29 is 9.90 Å². The lowest BCUT2D eigenvalue weighted by Crippen LogP contribution is -2.40. The average Bonchev–Trinajstić information content (AvgIpc) is 3.01. The summed E-state index contributed by atoms with van der Waals surface area (Å²) < 4.78 is 0. The Hall–Kier alpha value is -2.13. The number of aliphatic hydroxyl groups is 1. The van der Waals surface area contributed by atoms with Crippen LogP contribution in [0, 0.1) is 0 Å². The second-order valence-corrected chi connectivity index (χ2v) is 6.06. The van der Waals surface area contributed by atoms with Gasteiger partial charge in [0.05, 0.1) is 5.60 Å². The minimum atomic E-state index is -0.716. The molecule has 0 heterocycles. The van der Waals surface area contributed by atoms with Gasteiger partial charge in [0.25, 0.3) is 5.91 Å². The number of rotatable bonds is 4. The molecule has 3 heteroatoms. The van der Waals surface area contributed by atoms with E-state index in [0.717, 1.165) is 36.8 Å². The Kier molecular flexibility index (Phi) is 4.25. The second kappa shape index (κ2) is 6.32. The standard InChI is InChI=1S/C19H21NO2/c21-18(20-14-19(22)11-4-5-12-19)17-10-6-9-16(13-17)15-7-2-1-3-8-15/h1-3,6-10,13,22H,4-5,11-12,14H2,(H,20,21). The number of carbonyl (C=O) groups is 1. The largest absolute Gasteiger partial charge is 0.388 e. The van der Waals surface area contributed by atoms with Crippen LogP contribution in [0.4, 0.5) is 0 Å². The molecule has 114 valence electrons. The van der Waals surface area contributed by atoms with Crippen molar-refractivity contribution in [1.29, 1.82) is 0 Å². The molecule has 2 N–H and O–H groups in total. The van der Waals surface area contributed by atoms with Crippen molar-refractivity contribution in [2.75, 3.05) is 6.54 Å². The van der Waals surface area contributed by atoms with Crippen molar-refractivity contribution in [3.05, 3.63) is 60.2 Å². The maximum atomic E-state index is 12.3. The molecule has 1 aliphatic carbocycles. The van der Waals surface area contributed by atoms with Crippen LogP contribution in [0.25, 0.3) is 11.1 Å². The van der Waals surface area contributed by atoms with E-state index < -0.39 is 5.60 Å². The lowest BCUT2D eigenvalue weighted by atomic mass is 10.0. The molecule has 1 aliphatic rings. The Morgan fingerprint density at radius 2 is 1.68 bits per heavy atom. The van der Waals surface area contributed by atoms with E-state index >= 15 is 0 Å². The molecule has 0 atom stereocenters. The number of nitrogens with one attached hydrogen (secondary N) is 1. The van der Waals surface area contributed by atoms with Crippen LogP contribution in [0.5, 0.6) is 0 Å². The lowest BCUT2D eigenvalue weighted by molar-refractivity contribution is 0.0449. The van der Waals surface area contributed by atoms with E-state index in [1.807, 2.05) is 48.5 Å². The molecule has 22 heavy (non-hydrogen) atoms. The highest BCUT2D eigenvalue weighted by molar-refractivity contribution is 5.95. The molecule has 0 radical (unpaired) electrons. The molecule has 3 rings (SSSR count). The van der Waals surface area contributed by atoms with Crippen LogP contribution in [0.3, 0.4) is 0 Å². The van der Waals surface area contributed by atoms with E-state index in [2.05, 4.69) is 5.32 Å². The quantitative estimate of drug-likeness (QED) is 0.908. The number of carbonyl (C=O) groups excluding carboxylic acids is 1. The van der Waals surface area contributed by atoms with Crippen molar-refractivity contribution in [2.45, 2.75) is 31.3 Å². The first-order valence-corrected chi connectivity index (χ1v) is 7.82. The molecular weight excluding hydrogens is 274 g/mol. The molecule has 2 aromatic carbocycles. The van der Waals surface area contributed by atoms with Crippen LogP contribution < -0.4 is 5.32 Å². The zero-order chi connectivity index (χ0) is 15.4. The lowest BCUT2D eigenvalue weighted by Gasteiger charge is -2.22. The van der Waals surface area contributed by atoms with Gasteiger partial charge in [-0.3, -0.25) is 4.79 Å². The van der Waals surface area contributed by atoms with Gasteiger partial charge in [0.2, 0.25) is 0 Å². The van der Waals surface area contributed by atoms with Crippen LogP contribution in [0.15, 0.2) is 54.6 Å². The SMILES string of the molecule is O=C(NCC1(O)CCCC1)c1cccc(-c2ccccc2)c1. The molecule has 2 aromatic rings. The highest BCUT2D eigenvalue weighted by Gasteiger charge is 2.31. The van der Waals surface area contributed by atoms with Crippen molar-refractivity contribution in [2.24, 2.45) is 0 Å². The van der Waals surface area contributed by atoms with Crippen LogP contribution in [0.2, 0.25) is 0 Å². The molecule has 1 fully saturated rings. The Bertz CT molecular complexity index is 645. The predicted molar refractivity (Wildman–Crippen MR) is 87.6 cm³/mol. The van der Waals surface area contributed by atoms with Gasteiger partial charge in [0.15, 0.2) is 0 Å². The Morgan fingerprint density at radius 1 is 1.00 bits per heavy atom. The van der Waals surface area contributed by atoms with Gasteiger partial charge in [-0.1, -0.05) is 55.3 Å². The number of hydrogen-bond acceptors (Lipinski definition) is 2. The first kappa shape index (κ1) is 14.8. The van der Waals surface area contributed by atoms with E-state index in [1.54, 1.807) is 6.07 Å². The topological polar surface area (TPSA) is 49.3 Å². The van der Waals surface area contributed by atoms with E-state index in [4.69, 9.17) is 0 Å². The smallest absolute Gasteiger partial charge is 0.251 e. The summed E-state index contributed by atoms with van der Waals surface area (Å²) >= 11 is 0. The van der Waals surface area contributed by atoms with Crippen molar-refractivity contribution in [1.82, 2.24) is 5.32 Å². The summed E-state index contributed by atoms with van der Waals surface area (Å²) in [6, 6.07) is 17.6. The number of benzene rings is 2. The van der Waals surface area contributed by atoms with Gasteiger partial charge in [-0.15, -0.1) is 0 Å². The van der Waals surface area contributed by atoms with Crippen molar-refractivity contribution >= 4 is 5.91 Å². The molecule has 0 aromatic heterocycles. The minimum Gasteiger partial charge on any atom is -0.388 e. The van der Waals surface area contributed by atoms with Gasteiger partial charge < -0.3 is 10.4 Å². The van der Waals surface area contributed by atoms with Gasteiger partial charge in [0, 0.05) is 12.1 Å². The summed E-state index contributed by atoms with van der Waals surface area (Å²) in [6.07, 6.45) is 3.63. The summed E-state index contributed by atoms with van der Waals surface area (Å²) in [5.41, 5.74) is 2.02. The third-order valence-electron chi connectivity index (χ3n) is 4.34. The third-order valence-corrected chi connectivity index (χ3v) is 4.34. The number of hydrogen-bond donors (Lipinski definition) is 2. The number of amides is 1. The highest BCUT2D eigenvalue weighted by Crippen LogP contribution is 2.28. The third kappa shape index (κ3) is 3.37. The zero-order valence-corrected chi connectivity index (χ0v) is 12.6. The second-order valence-electron chi connectivity index (χ2n) is 6.06. The molecule has 1 amide bonds. The fourth-order valence-electron chi connectivity index (χ4n) is 3.03. The monoisotopic (exact) mass is 295 g/mol. The van der Waals surface area contributed by atoms with Gasteiger partial charge in [-0.2, -0.15) is 0 Å². The Balaban J connectivity index is 1.70. The molecule has 0 aliphatic heterocycles. The fraction of sp³-hybridized carbons (Fsp3) is 0.316. The maximum Gasteiger partial charge on any atom is 0.251 e. The summed E-state index contributed by atoms with van der Waals surface area (Å²) in [4.78, 5) is 12.3. The first-order chi connectivity index (χ1) is 10.7. The van der Waals surface area contributed by atoms with Gasteiger partial charge in [0.1, 0.15) is 0 Å². The Morgan fingerprint density at radius 3 is 2.41 bits per heavy atom. The predicted octanol–water partition coefficient (Wildman–Crippen LogP) is 3.39. The van der Waals surface area contributed by atoms with Gasteiger partial charge in [-0.05, 0) is 36.1 Å². The Labute approximate surface area is 131 Å². The maximum absolute atomic E-state index is 12.3. The van der Waals surface area contributed by atoms with Gasteiger partial charge >= 0.3 is 0 Å². The zero-order valence-electron chi connectivity index (χ0n) is 12.6. The average molecular weight is 295 g/mol. The molecular formula is C19H21NO2. The molecule has 1 saturated carbocycles. The summed E-state index contributed by atoms with van der Waals surface area (Å²) in [7, 11) is 0. The van der Waals surface area contributed by atoms with Gasteiger partial charge in [-0.25, -0.2) is 0 Å². The highest BCUT2D eigenvalue weighted by atomic mass is 16.3. The molecule has 3 nitrogen and oxygen atoms in total. The van der Waals surface area contributed by atoms with Crippen LogP contribution >= 0.6 is 0 Å². The van der Waals surface area contributed by atoms with Crippen LogP contribution in [-0.4, -0.2) is 23.2 Å². The summed E-state index contributed by atoms with van der Waals surface area (Å²) in [5.74, 6) is -0.127. The molecule has 0 saturated heterocycles. The summed E-state index contributed by atoms with van der Waals surface area (Å²) in [5, 5.41) is 13.2. The molecule has 0 spiro atoms. The fourth-order valence-corrected chi connectivity index (χ4v) is 3.03. The van der Waals surface area contributed by atoms with Crippen molar-refractivity contribution in [3.8, 4) is 11.1 Å². The van der Waals surface area contributed by atoms with E-state index in [0.29, 0.717) is 12.1 Å². The molecule has 0 bridgehead atoms. The van der Waals surface area contributed by atoms with E-state index in [9.17, 15) is 9.90 Å². The summed E-state index contributed by atoms with van der Waals surface area (Å²) in [6.45, 7) is 0.335. The van der Waals surface area contributed by atoms with Crippen LogP contribution in [0.1, 0.15) is 36.0 Å². The van der Waals surface area contributed by atoms with E-state index in [1.165, 1.54) is 0 Å². The van der Waals surface area contributed by atoms with Crippen LogP contribution in [-0.2, 0) is 0 Å².